The van der Waals surface area contributed by atoms with Gasteiger partial charge in [0.15, 0.2) is 5.69 Å². The summed E-state index contributed by atoms with van der Waals surface area (Å²) in [6.07, 6.45) is 2.03. The molecule has 2 aromatic carbocycles. The monoisotopic (exact) mass is 351 g/mol. The zero-order valence-electron chi connectivity index (χ0n) is 14.9. The van der Waals surface area contributed by atoms with Gasteiger partial charge in [-0.3, -0.25) is 4.79 Å². The van der Waals surface area contributed by atoms with Crippen molar-refractivity contribution in [3.63, 3.8) is 0 Å². The Bertz CT molecular complexity index is 872. The molecule has 0 aliphatic carbocycles. The van der Waals surface area contributed by atoms with Gasteiger partial charge in [0.1, 0.15) is 5.75 Å². The van der Waals surface area contributed by atoms with Crippen LogP contribution in [0, 0.1) is 6.92 Å². The predicted molar refractivity (Wildman–Crippen MR) is 99.3 cm³/mol. The van der Waals surface area contributed by atoms with Crippen molar-refractivity contribution in [2.45, 2.75) is 26.7 Å². The highest BCUT2D eigenvalue weighted by atomic mass is 16.6. The minimum atomic E-state index is -0.296. The average Bonchev–Trinajstić information content (AvgIpc) is 3.11. The molecule has 6 nitrogen and oxygen atoms in total. The van der Waals surface area contributed by atoms with Crippen molar-refractivity contribution in [2.75, 3.05) is 11.9 Å². The van der Waals surface area contributed by atoms with E-state index in [-0.39, 0.29) is 11.7 Å². The maximum Gasteiger partial charge on any atom is 0.257 e. The fourth-order valence-corrected chi connectivity index (χ4v) is 2.41. The zero-order chi connectivity index (χ0) is 18.4. The van der Waals surface area contributed by atoms with Gasteiger partial charge in [0.2, 0.25) is 5.82 Å². The lowest BCUT2D eigenvalue weighted by Crippen LogP contribution is -2.13. The quantitative estimate of drug-likeness (QED) is 0.635. The van der Waals surface area contributed by atoms with Crippen LogP contribution < -0.4 is 10.1 Å². The third-order valence-corrected chi connectivity index (χ3v) is 3.91. The Balaban J connectivity index is 1.74. The molecular weight excluding hydrogens is 330 g/mol. The maximum absolute atomic E-state index is 12.6. The highest BCUT2D eigenvalue weighted by Crippen LogP contribution is 2.25. The SMILES string of the molecule is CCCCOc1cccc(C(=O)Nc2nonc2-c2ccc(C)cc2)c1. The van der Waals surface area contributed by atoms with Gasteiger partial charge in [-0.1, -0.05) is 49.2 Å². The third kappa shape index (κ3) is 4.27. The Kier molecular flexibility index (Phi) is 5.63. The van der Waals surface area contributed by atoms with Crippen LogP contribution >= 0.6 is 0 Å². The number of unbranched alkanes of at least 4 members (excludes halogenated alkanes) is 1. The van der Waals surface area contributed by atoms with Gasteiger partial charge < -0.3 is 10.1 Å². The van der Waals surface area contributed by atoms with Crippen molar-refractivity contribution in [1.82, 2.24) is 10.3 Å². The lowest BCUT2D eigenvalue weighted by molar-refractivity contribution is 0.102. The van der Waals surface area contributed by atoms with Gasteiger partial charge in [-0.05, 0) is 41.9 Å². The molecule has 26 heavy (non-hydrogen) atoms. The van der Waals surface area contributed by atoms with Crippen molar-refractivity contribution in [3.8, 4) is 17.0 Å². The second-order valence-corrected chi connectivity index (χ2v) is 6.01. The number of anilines is 1. The van der Waals surface area contributed by atoms with E-state index in [2.05, 4.69) is 22.6 Å². The first-order valence-corrected chi connectivity index (χ1v) is 8.61. The van der Waals surface area contributed by atoms with Gasteiger partial charge in [0.25, 0.3) is 5.91 Å². The minimum Gasteiger partial charge on any atom is -0.494 e. The van der Waals surface area contributed by atoms with Crippen LogP contribution in [0.25, 0.3) is 11.3 Å². The number of nitrogens with one attached hydrogen (secondary N) is 1. The van der Waals surface area contributed by atoms with E-state index >= 15 is 0 Å². The molecule has 0 aliphatic rings. The number of aromatic nitrogens is 2. The predicted octanol–water partition coefficient (Wildman–Crippen LogP) is 4.48. The Labute approximate surface area is 152 Å². The topological polar surface area (TPSA) is 77.2 Å². The van der Waals surface area contributed by atoms with Gasteiger partial charge in [0.05, 0.1) is 6.61 Å². The normalized spacial score (nSPS) is 10.5. The van der Waals surface area contributed by atoms with Crippen LogP contribution in [0.5, 0.6) is 5.75 Å². The number of nitrogens with zero attached hydrogens (tertiary/aromatic N) is 2. The number of ether oxygens (including phenoxy) is 1. The number of hydrogen-bond acceptors (Lipinski definition) is 5. The fourth-order valence-electron chi connectivity index (χ4n) is 2.41. The summed E-state index contributed by atoms with van der Waals surface area (Å²) in [5.41, 5.74) is 2.94. The first-order valence-electron chi connectivity index (χ1n) is 8.61. The summed E-state index contributed by atoms with van der Waals surface area (Å²) in [5, 5.41) is 10.5. The molecule has 0 fully saturated rings. The Hall–Kier alpha value is -3.15. The Morgan fingerprint density at radius 3 is 2.73 bits per heavy atom. The van der Waals surface area contributed by atoms with Crippen LogP contribution in [0.2, 0.25) is 0 Å². The van der Waals surface area contributed by atoms with Crippen molar-refractivity contribution in [3.05, 3.63) is 59.7 Å². The number of amides is 1. The second-order valence-electron chi connectivity index (χ2n) is 6.01. The lowest BCUT2D eigenvalue weighted by atomic mass is 10.1. The summed E-state index contributed by atoms with van der Waals surface area (Å²) in [6, 6.07) is 14.8. The number of aryl methyl sites for hydroxylation is 1. The molecule has 0 saturated carbocycles. The van der Waals surface area contributed by atoms with Crippen molar-refractivity contribution in [1.29, 1.82) is 0 Å². The van der Waals surface area contributed by atoms with Crippen molar-refractivity contribution >= 4 is 11.7 Å². The Morgan fingerprint density at radius 2 is 1.96 bits per heavy atom. The summed E-state index contributed by atoms with van der Waals surface area (Å²) >= 11 is 0. The molecule has 134 valence electrons. The van der Waals surface area contributed by atoms with E-state index in [1.807, 2.05) is 37.3 Å². The first-order chi connectivity index (χ1) is 12.7. The molecule has 1 amide bonds. The smallest absolute Gasteiger partial charge is 0.257 e. The molecule has 0 saturated heterocycles. The highest BCUT2D eigenvalue weighted by molar-refractivity contribution is 6.05. The average molecular weight is 351 g/mol. The summed E-state index contributed by atoms with van der Waals surface area (Å²) in [7, 11) is 0. The maximum atomic E-state index is 12.6. The standard InChI is InChI=1S/C20H21N3O3/c1-3-4-12-25-17-7-5-6-16(13-17)20(24)21-19-18(22-26-23-19)15-10-8-14(2)9-11-15/h5-11,13H,3-4,12H2,1-2H3,(H,21,23,24). The number of carbonyl (C=O) groups excluding carboxylic acids is 1. The molecule has 0 unspecified atom stereocenters. The van der Waals surface area contributed by atoms with Crippen LogP contribution in [0.1, 0.15) is 35.7 Å². The largest absolute Gasteiger partial charge is 0.494 e. The molecule has 0 bridgehead atoms. The summed E-state index contributed by atoms with van der Waals surface area (Å²) in [4.78, 5) is 12.6. The van der Waals surface area contributed by atoms with Crippen LogP contribution in [-0.4, -0.2) is 22.8 Å². The third-order valence-electron chi connectivity index (χ3n) is 3.91. The van der Waals surface area contributed by atoms with E-state index in [0.717, 1.165) is 24.0 Å². The van der Waals surface area contributed by atoms with Gasteiger partial charge in [-0.15, -0.1) is 0 Å². The van der Waals surface area contributed by atoms with Crippen molar-refractivity contribution < 1.29 is 14.2 Å². The number of carbonyl (C=O) groups is 1. The molecule has 0 spiro atoms. The minimum absolute atomic E-state index is 0.288. The van der Waals surface area contributed by atoms with Crippen LogP contribution in [0.4, 0.5) is 5.82 Å². The molecule has 1 heterocycles. The molecule has 0 aliphatic heterocycles. The summed E-state index contributed by atoms with van der Waals surface area (Å²) < 4.78 is 10.5. The molecule has 1 aromatic heterocycles. The van der Waals surface area contributed by atoms with Gasteiger partial charge >= 0.3 is 0 Å². The summed E-state index contributed by atoms with van der Waals surface area (Å²) in [6.45, 7) is 4.74. The molecule has 6 heteroatoms. The number of rotatable bonds is 7. The molecule has 1 N–H and O–H groups in total. The van der Waals surface area contributed by atoms with Crippen molar-refractivity contribution in [2.24, 2.45) is 0 Å². The van der Waals surface area contributed by atoms with Gasteiger partial charge in [0, 0.05) is 11.1 Å². The highest BCUT2D eigenvalue weighted by Gasteiger charge is 2.16. The lowest BCUT2D eigenvalue weighted by Gasteiger charge is -2.07. The van der Waals surface area contributed by atoms with Gasteiger partial charge in [-0.25, -0.2) is 4.63 Å². The first kappa shape index (κ1) is 17.7. The molecular formula is C20H21N3O3. The molecule has 0 radical (unpaired) electrons. The van der Waals surface area contributed by atoms with E-state index < -0.39 is 0 Å². The van der Waals surface area contributed by atoms with Crippen LogP contribution in [-0.2, 0) is 0 Å². The van der Waals surface area contributed by atoms with Crippen LogP contribution in [0.15, 0.2) is 53.2 Å². The number of benzene rings is 2. The zero-order valence-corrected chi connectivity index (χ0v) is 14.9. The van der Waals surface area contributed by atoms with Gasteiger partial charge in [-0.2, -0.15) is 0 Å². The van der Waals surface area contributed by atoms with E-state index in [9.17, 15) is 4.79 Å². The summed E-state index contributed by atoms with van der Waals surface area (Å²) in [5.74, 6) is 0.661. The van der Waals surface area contributed by atoms with Crippen LogP contribution in [0.3, 0.4) is 0 Å². The fraction of sp³-hybridized carbons (Fsp3) is 0.250. The van der Waals surface area contributed by atoms with E-state index in [1.165, 1.54) is 0 Å². The van der Waals surface area contributed by atoms with E-state index in [1.54, 1.807) is 18.2 Å². The van der Waals surface area contributed by atoms with E-state index in [4.69, 9.17) is 9.37 Å². The molecule has 3 aromatic rings. The Morgan fingerprint density at radius 1 is 1.15 bits per heavy atom. The molecule has 0 atom stereocenters. The second kappa shape index (κ2) is 8.29. The van der Waals surface area contributed by atoms with E-state index in [0.29, 0.717) is 23.6 Å². The molecule has 3 rings (SSSR count). The number of hydrogen-bond donors (Lipinski definition) is 1.